The number of benzene rings is 1. The number of Topliss-reactive ketones (excluding diaryl/α,β-unsaturated/α-hetero) is 1. The number of carbonyl (C=O) groups excluding carboxylic acids is 5. The van der Waals surface area contributed by atoms with Gasteiger partial charge in [0.2, 0.25) is 0 Å². The number of anilines is 1. The van der Waals surface area contributed by atoms with E-state index in [0.717, 1.165) is 5.56 Å². The molecule has 0 bridgehead atoms. The molecule has 71 heavy (non-hydrogen) atoms. The molecule has 3 aliphatic rings. The van der Waals surface area contributed by atoms with Crippen LogP contribution in [0.3, 0.4) is 0 Å². The lowest BCUT2D eigenvalue weighted by molar-refractivity contribution is -0.290. The van der Waals surface area contributed by atoms with Gasteiger partial charge in [0.05, 0.1) is 30.0 Å². The zero-order valence-corrected chi connectivity index (χ0v) is 43.3. The zero-order valence-electron chi connectivity index (χ0n) is 43.3. The fraction of sp³-hybridized carbons (Fsp3) is 0.700. The van der Waals surface area contributed by atoms with Crippen molar-refractivity contribution in [1.29, 1.82) is 0 Å². The Bertz CT molecular complexity index is 2150. The standard InChI is InChI=1S/C50H78N8O13/c1-13-22-66-45(62)53-27-35-24-36(51)40(60)44(67-35)69-42-30(4)39(59)31(5)43(61)68-38(14-2)50(11)41(32(6)52-26-29(3)25-49(42,10)65-12)58(47(64)71-50)21-16-15-20-57-28-37(55-56-57)33-18-17-19-34(23-33)54-46(63)70-48(7,8)9/h13,17-19,23,28-32,35-36,38,40-42,44,52,60H,1,14-16,20-22,24-27,51H2,2-12H3,(H,53,62)(H,54,63)/t29-,30+,31-,32-,35+,36?,38-,40?,41-,42-,44+,49-,50-/m1/s1. The fourth-order valence-electron chi connectivity index (χ4n) is 9.88. The molecule has 5 rings (SSSR count). The smallest absolute Gasteiger partial charge is 0.412 e. The Labute approximate surface area is 417 Å². The van der Waals surface area contributed by atoms with Crippen molar-refractivity contribution in [3.8, 4) is 11.3 Å². The maximum atomic E-state index is 14.5. The van der Waals surface area contributed by atoms with E-state index in [0.29, 0.717) is 50.3 Å². The van der Waals surface area contributed by atoms with E-state index in [1.165, 1.54) is 20.1 Å². The number of ether oxygens (including phenoxy) is 7. The van der Waals surface area contributed by atoms with E-state index in [2.05, 4.69) is 32.8 Å². The van der Waals surface area contributed by atoms with Crippen LogP contribution in [0.15, 0.2) is 43.1 Å². The molecule has 396 valence electrons. The first kappa shape index (κ1) is 56.7. The summed E-state index contributed by atoms with van der Waals surface area (Å²) in [6.45, 7) is 22.7. The van der Waals surface area contributed by atoms with Crippen LogP contribution in [0.25, 0.3) is 11.3 Å². The van der Waals surface area contributed by atoms with Gasteiger partial charge in [-0.2, -0.15) is 0 Å². The second-order valence-electron chi connectivity index (χ2n) is 20.6. The lowest BCUT2D eigenvalue weighted by atomic mass is 9.78. The van der Waals surface area contributed by atoms with Crippen molar-refractivity contribution in [2.75, 3.05) is 38.7 Å². The Hall–Kier alpha value is -5.19. The number of amides is 3. The molecule has 3 amide bonds. The van der Waals surface area contributed by atoms with Crippen molar-refractivity contribution in [2.45, 2.75) is 174 Å². The van der Waals surface area contributed by atoms with Crippen LogP contribution >= 0.6 is 0 Å². The average molecular weight is 999 g/mol. The number of cyclic esters (lactones) is 1. The molecule has 21 heteroatoms. The first-order valence-electron chi connectivity index (χ1n) is 24.7. The minimum Gasteiger partial charge on any atom is -0.458 e. The molecule has 4 heterocycles. The van der Waals surface area contributed by atoms with E-state index in [4.69, 9.17) is 38.9 Å². The monoisotopic (exact) mass is 999 g/mol. The van der Waals surface area contributed by atoms with E-state index in [1.807, 2.05) is 46.0 Å². The van der Waals surface area contributed by atoms with Crippen LogP contribution in [0.4, 0.5) is 20.1 Å². The van der Waals surface area contributed by atoms with Gasteiger partial charge in [-0.25, -0.2) is 14.4 Å². The quantitative estimate of drug-likeness (QED) is 0.0496. The molecule has 3 aliphatic heterocycles. The number of aromatic nitrogens is 3. The molecule has 0 radical (unpaired) electrons. The molecule has 13 atom stereocenters. The number of hydrogen-bond donors (Lipinski definition) is 5. The third kappa shape index (κ3) is 14.5. The fourth-order valence-corrected chi connectivity index (χ4v) is 9.88. The van der Waals surface area contributed by atoms with Gasteiger partial charge in [-0.15, -0.1) is 5.10 Å². The number of nitrogens with two attached hydrogens (primary N) is 1. The van der Waals surface area contributed by atoms with Crippen molar-refractivity contribution >= 4 is 35.7 Å². The van der Waals surface area contributed by atoms with Gasteiger partial charge in [-0.05, 0) is 105 Å². The van der Waals surface area contributed by atoms with E-state index in [9.17, 15) is 29.1 Å². The normalized spacial score (nSPS) is 32.1. The number of methoxy groups -OCH3 is 1. The summed E-state index contributed by atoms with van der Waals surface area (Å²) in [6, 6.07) is 5.45. The third-order valence-corrected chi connectivity index (χ3v) is 13.5. The number of ketones is 1. The number of esters is 1. The first-order chi connectivity index (χ1) is 33.4. The highest BCUT2D eigenvalue weighted by molar-refractivity contribution is 6.00. The van der Waals surface area contributed by atoms with Crippen LogP contribution in [0.2, 0.25) is 0 Å². The summed E-state index contributed by atoms with van der Waals surface area (Å²) in [5.74, 6) is -3.70. The van der Waals surface area contributed by atoms with E-state index in [-0.39, 0.29) is 38.0 Å². The van der Waals surface area contributed by atoms with Crippen LogP contribution in [-0.4, -0.2) is 154 Å². The maximum absolute atomic E-state index is 14.5. The van der Waals surface area contributed by atoms with Crippen molar-refractivity contribution in [2.24, 2.45) is 23.5 Å². The summed E-state index contributed by atoms with van der Waals surface area (Å²) in [5, 5.41) is 29.0. The van der Waals surface area contributed by atoms with E-state index < -0.39 is 101 Å². The third-order valence-electron chi connectivity index (χ3n) is 13.5. The largest absolute Gasteiger partial charge is 0.458 e. The SMILES string of the molecule is C=CCOC(=O)NC[C@@H]1CC(N)C(O)[C@H](O[C@@H]2[C@@H](C)C(=O)[C@@H](C)C(=O)O[C@H](CC)[C@@]3(C)OC(=O)N(CCCCn4cc(-c5cccc(NC(=O)OC(C)(C)C)c5)nn4)[C@@H]3[C@@H](C)NC[C@H](C)C[C@@]2(C)OC)O1. The molecule has 21 nitrogen and oxygen atoms in total. The lowest BCUT2D eigenvalue weighted by Gasteiger charge is -2.45. The minimum atomic E-state index is -1.33. The summed E-state index contributed by atoms with van der Waals surface area (Å²) in [5.41, 5.74) is 5.16. The number of nitrogens with zero attached hydrogens (tertiary/aromatic N) is 4. The van der Waals surface area contributed by atoms with Gasteiger partial charge in [0.15, 0.2) is 17.7 Å². The number of carbonyl (C=O) groups is 5. The van der Waals surface area contributed by atoms with Crippen LogP contribution in [-0.2, 0) is 49.3 Å². The number of alkyl carbamates (subject to hydrolysis) is 1. The second kappa shape index (κ2) is 24.5. The predicted molar refractivity (Wildman–Crippen MR) is 262 cm³/mol. The molecule has 2 unspecified atom stereocenters. The van der Waals surface area contributed by atoms with Crippen molar-refractivity contribution in [1.82, 2.24) is 30.5 Å². The number of aryl methyl sites for hydroxylation is 1. The highest BCUT2D eigenvalue weighted by Crippen LogP contribution is 2.40. The first-order valence-corrected chi connectivity index (χ1v) is 24.7. The summed E-state index contributed by atoms with van der Waals surface area (Å²) < 4.78 is 43.6. The van der Waals surface area contributed by atoms with E-state index in [1.54, 1.807) is 56.3 Å². The number of nitrogens with one attached hydrogen (secondary N) is 3. The van der Waals surface area contributed by atoms with Gasteiger partial charge in [-0.1, -0.05) is 50.8 Å². The van der Waals surface area contributed by atoms with Gasteiger partial charge in [0, 0.05) is 56.0 Å². The Morgan fingerprint density at radius 3 is 2.49 bits per heavy atom. The molecule has 0 saturated carbocycles. The van der Waals surface area contributed by atoms with Crippen LogP contribution in [0, 0.1) is 17.8 Å². The van der Waals surface area contributed by atoms with Crippen molar-refractivity contribution < 1.29 is 62.2 Å². The number of hydrogen-bond acceptors (Lipinski definition) is 17. The molecule has 1 aromatic carbocycles. The van der Waals surface area contributed by atoms with Crippen molar-refractivity contribution in [3.05, 3.63) is 43.1 Å². The molecule has 2 aromatic rings. The topological polar surface area (TPSA) is 266 Å². The van der Waals surface area contributed by atoms with Crippen LogP contribution < -0.4 is 21.7 Å². The zero-order chi connectivity index (χ0) is 52.4. The number of rotatable bonds is 15. The van der Waals surface area contributed by atoms with Crippen LogP contribution in [0.1, 0.15) is 101 Å². The minimum absolute atomic E-state index is 0.00574. The molecule has 3 saturated heterocycles. The molecule has 6 N–H and O–H groups in total. The van der Waals surface area contributed by atoms with Crippen molar-refractivity contribution in [3.63, 3.8) is 0 Å². The van der Waals surface area contributed by atoms with E-state index >= 15 is 0 Å². The summed E-state index contributed by atoms with van der Waals surface area (Å²) in [6.07, 6.45) is -1.82. The number of aliphatic hydroxyl groups excluding tert-OH is 1. The Morgan fingerprint density at radius 2 is 1.82 bits per heavy atom. The van der Waals surface area contributed by atoms with Gasteiger partial charge < -0.3 is 54.6 Å². The predicted octanol–water partition coefficient (Wildman–Crippen LogP) is 5.34. The average Bonchev–Trinajstić information content (AvgIpc) is 3.89. The molecular weight excluding hydrogens is 921 g/mol. The van der Waals surface area contributed by atoms with Gasteiger partial charge in [-0.3, -0.25) is 24.5 Å². The second-order valence-corrected chi connectivity index (χ2v) is 20.6. The highest BCUT2D eigenvalue weighted by Gasteiger charge is 2.58. The molecule has 0 spiro atoms. The molecule has 1 aromatic heterocycles. The summed E-state index contributed by atoms with van der Waals surface area (Å²) in [4.78, 5) is 68.9. The molecule has 0 aliphatic carbocycles. The highest BCUT2D eigenvalue weighted by atomic mass is 16.7. The number of aliphatic hydroxyl groups is 1. The number of fused-ring (bicyclic) bond motifs is 1. The lowest BCUT2D eigenvalue weighted by Crippen LogP contribution is -2.61. The van der Waals surface area contributed by atoms with Crippen LogP contribution in [0.5, 0.6) is 0 Å². The Morgan fingerprint density at radius 1 is 1.10 bits per heavy atom. The Balaban J connectivity index is 1.32. The maximum Gasteiger partial charge on any atom is 0.412 e. The van der Waals surface area contributed by atoms with Gasteiger partial charge in [0.1, 0.15) is 36.0 Å². The van der Waals surface area contributed by atoms with Gasteiger partial charge in [0.25, 0.3) is 0 Å². The Kier molecular flexibility index (Phi) is 19.6. The molecular formula is C50H78N8O13. The summed E-state index contributed by atoms with van der Waals surface area (Å²) in [7, 11) is 1.51. The molecule has 3 fully saturated rings. The summed E-state index contributed by atoms with van der Waals surface area (Å²) >= 11 is 0. The van der Waals surface area contributed by atoms with Gasteiger partial charge >= 0.3 is 24.2 Å². The number of unbranched alkanes of at least 4 members (excludes halogenated alkanes) is 1.